The van der Waals surface area contributed by atoms with Crippen molar-refractivity contribution < 1.29 is 22.7 Å². The van der Waals surface area contributed by atoms with E-state index in [-0.39, 0.29) is 22.8 Å². The number of sulfone groups is 1. The van der Waals surface area contributed by atoms with Gasteiger partial charge in [0, 0.05) is 22.1 Å². The van der Waals surface area contributed by atoms with Crippen molar-refractivity contribution in [1.29, 1.82) is 0 Å². The van der Waals surface area contributed by atoms with Crippen molar-refractivity contribution in [3.05, 3.63) is 58.6 Å². The van der Waals surface area contributed by atoms with Gasteiger partial charge in [-0.25, -0.2) is 8.42 Å². The van der Waals surface area contributed by atoms with Crippen molar-refractivity contribution in [3.63, 3.8) is 0 Å². The molecular weight excluding hydrogens is 426 g/mol. The molecule has 1 aliphatic rings. The summed E-state index contributed by atoms with van der Waals surface area (Å²) in [6.45, 7) is 0.103. The number of hydrogen-bond acceptors (Lipinski definition) is 8. The van der Waals surface area contributed by atoms with Crippen LogP contribution in [0.4, 0.5) is 5.13 Å². The molecule has 0 bridgehead atoms. The predicted molar refractivity (Wildman–Crippen MR) is 103 cm³/mol. The number of carbonyl (C=O) groups is 1. The number of ether oxygens (including phenoxy) is 2. The van der Waals surface area contributed by atoms with Gasteiger partial charge < -0.3 is 9.47 Å². The van der Waals surface area contributed by atoms with Gasteiger partial charge in [-0.3, -0.25) is 10.1 Å². The number of anilines is 1. The average molecular weight is 438 g/mol. The molecule has 8 nitrogen and oxygen atoms in total. The molecular formula is C17H12ClN3O5S2. The molecule has 1 aromatic heterocycles. The molecule has 4 rings (SSSR count). The number of halogens is 1. The molecule has 3 aromatic rings. The molecule has 0 unspecified atom stereocenters. The number of aromatic nitrogens is 2. The minimum atomic E-state index is -3.76. The predicted octanol–water partition coefficient (Wildman–Crippen LogP) is 3.15. The van der Waals surface area contributed by atoms with Crippen LogP contribution in [0.25, 0.3) is 0 Å². The molecule has 0 fully saturated rings. The Morgan fingerprint density at radius 1 is 1.14 bits per heavy atom. The number of nitrogens with zero attached hydrogens (tertiary/aromatic N) is 2. The molecule has 28 heavy (non-hydrogen) atoms. The Morgan fingerprint density at radius 3 is 2.68 bits per heavy atom. The maximum atomic E-state index is 12.5. The summed E-state index contributed by atoms with van der Waals surface area (Å²) in [6.07, 6.45) is 0. The summed E-state index contributed by atoms with van der Waals surface area (Å²) >= 11 is 6.59. The molecule has 0 atom stereocenters. The van der Waals surface area contributed by atoms with Crippen LogP contribution < -0.4 is 14.8 Å². The normalized spacial score (nSPS) is 12.8. The Balaban J connectivity index is 1.47. The SMILES string of the molecule is O=C(Nc1nc(S(=O)(=O)Cc2ccc(Cl)cc2)ns1)c1ccc2c(c1)OCO2. The average Bonchev–Trinajstić information content (AvgIpc) is 3.32. The van der Waals surface area contributed by atoms with E-state index in [9.17, 15) is 13.2 Å². The first-order valence-electron chi connectivity index (χ1n) is 7.93. The van der Waals surface area contributed by atoms with Crippen LogP contribution >= 0.6 is 23.1 Å². The Kier molecular flexibility index (Phi) is 4.92. The number of carbonyl (C=O) groups excluding carboxylic acids is 1. The summed E-state index contributed by atoms with van der Waals surface area (Å²) in [7, 11) is -3.76. The third-order valence-corrected chi connectivity index (χ3v) is 6.26. The first kappa shape index (κ1) is 18.7. The van der Waals surface area contributed by atoms with Crippen molar-refractivity contribution >= 4 is 44.0 Å². The van der Waals surface area contributed by atoms with Crippen LogP contribution in [0.1, 0.15) is 15.9 Å². The molecule has 0 radical (unpaired) electrons. The van der Waals surface area contributed by atoms with Crippen molar-refractivity contribution in [2.75, 3.05) is 12.1 Å². The number of amides is 1. The number of fused-ring (bicyclic) bond motifs is 1. The van der Waals surface area contributed by atoms with E-state index in [0.717, 1.165) is 11.5 Å². The molecule has 11 heteroatoms. The lowest BCUT2D eigenvalue weighted by atomic mass is 10.2. The van der Waals surface area contributed by atoms with Crippen molar-refractivity contribution in [2.24, 2.45) is 0 Å². The van der Waals surface area contributed by atoms with Crippen LogP contribution in [0, 0.1) is 0 Å². The summed E-state index contributed by atoms with van der Waals surface area (Å²) in [5.74, 6) is 0.298. The lowest BCUT2D eigenvalue weighted by molar-refractivity contribution is 0.102. The van der Waals surface area contributed by atoms with E-state index < -0.39 is 15.7 Å². The van der Waals surface area contributed by atoms with Crippen molar-refractivity contribution in [2.45, 2.75) is 10.9 Å². The largest absolute Gasteiger partial charge is 0.454 e. The van der Waals surface area contributed by atoms with E-state index in [2.05, 4.69) is 14.7 Å². The van der Waals surface area contributed by atoms with Crippen LogP contribution in [0.5, 0.6) is 11.5 Å². The van der Waals surface area contributed by atoms with Gasteiger partial charge in [0.15, 0.2) is 11.5 Å². The second-order valence-electron chi connectivity index (χ2n) is 5.79. The van der Waals surface area contributed by atoms with Gasteiger partial charge in [0.05, 0.1) is 5.75 Å². The Morgan fingerprint density at radius 2 is 1.89 bits per heavy atom. The van der Waals surface area contributed by atoms with Gasteiger partial charge in [-0.1, -0.05) is 23.7 Å². The lowest BCUT2D eigenvalue weighted by Gasteiger charge is -2.03. The van der Waals surface area contributed by atoms with Gasteiger partial charge in [-0.15, -0.1) is 0 Å². The Hall–Kier alpha value is -2.69. The summed E-state index contributed by atoms with van der Waals surface area (Å²) in [5, 5.41) is 2.80. The van der Waals surface area contributed by atoms with E-state index in [4.69, 9.17) is 21.1 Å². The first-order valence-corrected chi connectivity index (χ1v) is 10.7. The molecule has 0 saturated carbocycles. The molecule has 0 saturated heterocycles. The molecule has 0 aliphatic carbocycles. The van der Waals surface area contributed by atoms with Crippen molar-refractivity contribution in [3.8, 4) is 11.5 Å². The van der Waals surface area contributed by atoms with Gasteiger partial charge in [0.1, 0.15) is 0 Å². The lowest BCUT2D eigenvalue weighted by Crippen LogP contribution is -2.12. The zero-order chi connectivity index (χ0) is 19.7. The van der Waals surface area contributed by atoms with E-state index >= 15 is 0 Å². The van der Waals surface area contributed by atoms with Gasteiger partial charge in [0.2, 0.25) is 21.8 Å². The smallest absolute Gasteiger partial charge is 0.261 e. The van der Waals surface area contributed by atoms with E-state index in [1.165, 1.54) is 6.07 Å². The fourth-order valence-electron chi connectivity index (χ4n) is 2.46. The fraction of sp³-hybridized carbons (Fsp3) is 0.118. The Bertz CT molecular complexity index is 1150. The summed E-state index contributed by atoms with van der Waals surface area (Å²) in [4.78, 5) is 16.3. The summed E-state index contributed by atoms with van der Waals surface area (Å²) in [6, 6.07) is 11.2. The minimum absolute atomic E-state index is 0.0809. The van der Waals surface area contributed by atoms with Crippen LogP contribution in [-0.4, -0.2) is 30.5 Å². The number of rotatable bonds is 5. The minimum Gasteiger partial charge on any atom is -0.454 e. The molecule has 0 spiro atoms. The second-order valence-corrected chi connectivity index (χ2v) is 8.86. The summed E-state index contributed by atoms with van der Waals surface area (Å²) < 4.78 is 39.3. The van der Waals surface area contributed by atoms with Crippen LogP contribution in [0.3, 0.4) is 0 Å². The van der Waals surface area contributed by atoms with E-state index in [1.54, 1.807) is 36.4 Å². The Labute approximate surface area is 169 Å². The van der Waals surface area contributed by atoms with Gasteiger partial charge in [-0.05, 0) is 35.9 Å². The molecule has 2 heterocycles. The zero-order valence-corrected chi connectivity index (χ0v) is 16.5. The number of nitrogens with one attached hydrogen (secondary N) is 1. The third-order valence-electron chi connectivity index (χ3n) is 3.81. The molecule has 1 N–H and O–H groups in total. The fourth-order valence-corrected chi connectivity index (χ4v) is 4.67. The van der Waals surface area contributed by atoms with Crippen LogP contribution in [0.2, 0.25) is 5.02 Å². The van der Waals surface area contributed by atoms with Gasteiger partial charge in [-0.2, -0.15) is 9.36 Å². The van der Waals surface area contributed by atoms with E-state index in [0.29, 0.717) is 27.6 Å². The number of hydrogen-bond donors (Lipinski definition) is 1. The highest BCUT2D eigenvalue weighted by atomic mass is 35.5. The van der Waals surface area contributed by atoms with Gasteiger partial charge in [0.25, 0.3) is 11.1 Å². The monoisotopic (exact) mass is 437 g/mol. The standard InChI is InChI=1S/C17H12ClN3O5S2/c18-12-4-1-10(2-5-12)8-28(23,24)17-20-16(27-21-17)19-15(22)11-3-6-13-14(7-11)26-9-25-13/h1-7H,8-9H2,(H,19,20,21,22). The third kappa shape index (κ3) is 3.93. The van der Waals surface area contributed by atoms with Crippen molar-refractivity contribution in [1.82, 2.24) is 9.36 Å². The maximum Gasteiger partial charge on any atom is 0.261 e. The van der Waals surface area contributed by atoms with Crippen LogP contribution in [0.15, 0.2) is 47.6 Å². The molecule has 144 valence electrons. The highest BCUT2D eigenvalue weighted by molar-refractivity contribution is 7.90. The second kappa shape index (κ2) is 7.38. The number of benzene rings is 2. The molecule has 1 aliphatic heterocycles. The zero-order valence-electron chi connectivity index (χ0n) is 14.1. The highest BCUT2D eigenvalue weighted by Gasteiger charge is 2.23. The van der Waals surface area contributed by atoms with Crippen LogP contribution in [-0.2, 0) is 15.6 Å². The topological polar surface area (TPSA) is 107 Å². The quantitative estimate of drug-likeness (QED) is 0.653. The highest BCUT2D eigenvalue weighted by Crippen LogP contribution is 2.32. The first-order chi connectivity index (χ1) is 13.4. The maximum absolute atomic E-state index is 12.5. The van der Waals surface area contributed by atoms with E-state index in [1.807, 2.05) is 0 Å². The summed E-state index contributed by atoms with van der Waals surface area (Å²) in [5.41, 5.74) is 0.884. The molecule has 1 amide bonds. The van der Waals surface area contributed by atoms with Gasteiger partial charge >= 0.3 is 0 Å². The molecule has 2 aromatic carbocycles.